The highest BCUT2D eigenvalue weighted by molar-refractivity contribution is 5.85. The number of likely N-dealkylation sites (N-methyl/N-ethyl adjacent to an activating group) is 1. The Kier molecular flexibility index (Phi) is 10.3. The first-order valence-corrected chi connectivity index (χ1v) is 7.11. The van der Waals surface area contributed by atoms with E-state index in [0.717, 1.165) is 31.5 Å². The summed E-state index contributed by atoms with van der Waals surface area (Å²) in [7, 11) is 1.86. The van der Waals surface area contributed by atoms with Crippen LogP contribution in [-0.4, -0.2) is 43.5 Å². The summed E-state index contributed by atoms with van der Waals surface area (Å²) >= 11 is 0. The van der Waals surface area contributed by atoms with E-state index in [0.29, 0.717) is 13.1 Å². The molecule has 0 aromatic heterocycles. The maximum Gasteiger partial charge on any atom is 0.237 e. The molecule has 1 atom stereocenters. The molecule has 0 radical (unpaired) electrons. The standard InChI is InChI=1S/C15H22FN3O.2ClH/c1-17-8-9-18-15(20)14-3-2-10-19(14)11-12-4-6-13(16)7-5-12;;/h4-7,14,17H,2-3,8-11H2,1H3,(H,18,20);2*1H. The van der Waals surface area contributed by atoms with Gasteiger partial charge in [0, 0.05) is 19.6 Å². The minimum absolute atomic E-state index is 0. The van der Waals surface area contributed by atoms with Crippen molar-refractivity contribution in [2.24, 2.45) is 0 Å². The fourth-order valence-electron chi connectivity index (χ4n) is 2.57. The topological polar surface area (TPSA) is 44.4 Å². The molecule has 1 saturated heterocycles. The molecule has 126 valence electrons. The van der Waals surface area contributed by atoms with Crippen molar-refractivity contribution in [3.05, 3.63) is 35.6 Å². The number of likely N-dealkylation sites (tertiary alicyclic amines) is 1. The smallest absolute Gasteiger partial charge is 0.237 e. The normalized spacial score (nSPS) is 17.5. The van der Waals surface area contributed by atoms with Gasteiger partial charge in [0.25, 0.3) is 0 Å². The first kappa shape index (κ1) is 21.1. The monoisotopic (exact) mass is 351 g/mol. The van der Waals surface area contributed by atoms with Gasteiger partial charge < -0.3 is 10.6 Å². The number of halogens is 3. The summed E-state index contributed by atoms with van der Waals surface area (Å²) in [5.41, 5.74) is 1.04. The lowest BCUT2D eigenvalue weighted by Crippen LogP contribution is -2.44. The van der Waals surface area contributed by atoms with Crippen molar-refractivity contribution < 1.29 is 9.18 Å². The molecule has 0 bridgehead atoms. The molecule has 1 aliphatic heterocycles. The number of hydrogen-bond donors (Lipinski definition) is 2. The predicted octanol–water partition coefficient (Wildman–Crippen LogP) is 1.97. The van der Waals surface area contributed by atoms with Crippen LogP contribution in [-0.2, 0) is 11.3 Å². The van der Waals surface area contributed by atoms with Crippen LogP contribution < -0.4 is 10.6 Å². The summed E-state index contributed by atoms with van der Waals surface area (Å²) in [6, 6.07) is 6.44. The van der Waals surface area contributed by atoms with Gasteiger partial charge in [0.15, 0.2) is 0 Å². The van der Waals surface area contributed by atoms with Crippen LogP contribution in [0, 0.1) is 5.82 Å². The van der Waals surface area contributed by atoms with E-state index in [1.165, 1.54) is 12.1 Å². The van der Waals surface area contributed by atoms with Crippen molar-refractivity contribution in [3.63, 3.8) is 0 Å². The number of nitrogens with zero attached hydrogens (tertiary/aromatic N) is 1. The van der Waals surface area contributed by atoms with E-state index in [4.69, 9.17) is 0 Å². The highest BCUT2D eigenvalue weighted by Crippen LogP contribution is 2.20. The summed E-state index contributed by atoms with van der Waals surface area (Å²) in [4.78, 5) is 14.3. The second-order valence-electron chi connectivity index (χ2n) is 5.15. The quantitative estimate of drug-likeness (QED) is 0.770. The van der Waals surface area contributed by atoms with Crippen molar-refractivity contribution in [1.29, 1.82) is 0 Å². The first-order valence-electron chi connectivity index (χ1n) is 7.11. The van der Waals surface area contributed by atoms with Crippen molar-refractivity contribution in [2.45, 2.75) is 25.4 Å². The maximum atomic E-state index is 12.9. The third kappa shape index (κ3) is 6.08. The van der Waals surface area contributed by atoms with Gasteiger partial charge in [-0.05, 0) is 44.1 Å². The van der Waals surface area contributed by atoms with Crippen LogP contribution >= 0.6 is 24.8 Å². The molecule has 1 fully saturated rings. The van der Waals surface area contributed by atoms with Gasteiger partial charge in [0.05, 0.1) is 6.04 Å². The Morgan fingerprint density at radius 3 is 2.59 bits per heavy atom. The molecule has 1 heterocycles. The molecule has 7 heteroatoms. The van der Waals surface area contributed by atoms with E-state index in [9.17, 15) is 9.18 Å². The highest BCUT2D eigenvalue weighted by atomic mass is 35.5. The highest BCUT2D eigenvalue weighted by Gasteiger charge is 2.30. The van der Waals surface area contributed by atoms with Crippen LogP contribution in [0.3, 0.4) is 0 Å². The van der Waals surface area contributed by atoms with E-state index in [-0.39, 0.29) is 42.6 Å². The molecule has 22 heavy (non-hydrogen) atoms. The van der Waals surface area contributed by atoms with E-state index in [1.54, 1.807) is 12.1 Å². The molecule has 2 N–H and O–H groups in total. The zero-order valence-electron chi connectivity index (χ0n) is 12.7. The van der Waals surface area contributed by atoms with Gasteiger partial charge in [-0.15, -0.1) is 24.8 Å². The van der Waals surface area contributed by atoms with Crippen molar-refractivity contribution >= 4 is 30.7 Å². The molecule has 0 spiro atoms. The zero-order chi connectivity index (χ0) is 14.4. The van der Waals surface area contributed by atoms with Crippen LogP contribution in [0.1, 0.15) is 18.4 Å². The van der Waals surface area contributed by atoms with E-state index < -0.39 is 0 Å². The number of benzene rings is 1. The van der Waals surface area contributed by atoms with E-state index in [2.05, 4.69) is 15.5 Å². The van der Waals surface area contributed by atoms with Gasteiger partial charge in [-0.3, -0.25) is 9.69 Å². The summed E-state index contributed by atoms with van der Waals surface area (Å²) in [6.07, 6.45) is 1.93. The van der Waals surface area contributed by atoms with Crippen LogP contribution in [0.4, 0.5) is 4.39 Å². The predicted molar refractivity (Wildman–Crippen MR) is 91.3 cm³/mol. The summed E-state index contributed by atoms with van der Waals surface area (Å²) in [6.45, 7) is 3.04. The lowest BCUT2D eigenvalue weighted by Gasteiger charge is -2.23. The Morgan fingerprint density at radius 1 is 1.27 bits per heavy atom. The molecule has 1 aliphatic rings. The summed E-state index contributed by atoms with van der Waals surface area (Å²) in [5, 5.41) is 5.95. The Hall–Kier alpha value is -0.880. The minimum atomic E-state index is -0.225. The van der Waals surface area contributed by atoms with Crippen LogP contribution in [0.25, 0.3) is 0 Å². The minimum Gasteiger partial charge on any atom is -0.353 e. The molecular formula is C15H24Cl2FN3O. The molecule has 1 unspecified atom stereocenters. The third-order valence-electron chi connectivity index (χ3n) is 3.64. The number of amides is 1. The largest absolute Gasteiger partial charge is 0.353 e. The fourth-order valence-corrected chi connectivity index (χ4v) is 2.57. The number of hydrogen-bond acceptors (Lipinski definition) is 3. The van der Waals surface area contributed by atoms with Gasteiger partial charge in [-0.1, -0.05) is 12.1 Å². The molecular weight excluding hydrogens is 328 g/mol. The lowest BCUT2D eigenvalue weighted by atomic mass is 10.1. The number of rotatable bonds is 6. The zero-order valence-corrected chi connectivity index (χ0v) is 14.3. The lowest BCUT2D eigenvalue weighted by molar-refractivity contribution is -0.125. The molecule has 0 aliphatic carbocycles. The van der Waals surface area contributed by atoms with E-state index >= 15 is 0 Å². The van der Waals surface area contributed by atoms with Gasteiger partial charge >= 0.3 is 0 Å². The number of carbonyl (C=O) groups is 1. The average molecular weight is 352 g/mol. The summed E-state index contributed by atoms with van der Waals surface area (Å²) in [5.74, 6) is -0.128. The molecule has 1 amide bonds. The van der Waals surface area contributed by atoms with Crippen molar-refractivity contribution in [1.82, 2.24) is 15.5 Å². The van der Waals surface area contributed by atoms with Crippen molar-refractivity contribution in [2.75, 3.05) is 26.7 Å². The third-order valence-corrected chi connectivity index (χ3v) is 3.64. The van der Waals surface area contributed by atoms with Gasteiger partial charge in [-0.2, -0.15) is 0 Å². The second-order valence-corrected chi connectivity index (χ2v) is 5.15. The molecule has 0 saturated carbocycles. The Morgan fingerprint density at radius 2 is 1.95 bits per heavy atom. The van der Waals surface area contributed by atoms with Crippen LogP contribution in [0.2, 0.25) is 0 Å². The maximum absolute atomic E-state index is 12.9. The molecule has 1 aromatic rings. The SMILES string of the molecule is CNCCNC(=O)C1CCCN1Cc1ccc(F)cc1.Cl.Cl. The molecule has 4 nitrogen and oxygen atoms in total. The first-order chi connectivity index (χ1) is 9.70. The van der Waals surface area contributed by atoms with Gasteiger partial charge in [0.1, 0.15) is 5.82 Å². The van der Waals surface area contributed by atoms with Crippen LogP contribution in [0.5, 0.6) is 0 Å². The van der Waals surface area contributed by atoms with Gasteiger partial charge in [-0.25, -0.2) is 4.39 Å². The summed E-state index contributed by atoms with van der Waals surface area (Å²) < 4.78 is 12.9. The van der Waals surface area contributed by atoms with Crippen molar-refractivity contribution in [3.8, 4) is 0 Å². The number of nitrogens with one attached hydrogen (secondary N) is 2. The molecule has 1 aromatic carbocycles. The Labute approximate surface area is 143 Å². The van der Waals surface area contributed by atoms with Crippen LogP contribution in [0.15, 0.2) is 24.3 Å². The Bertz CT molecular complexity index is 445. The second kappa shape index (κ2) is 10.8. The average Bonchev–Trinajstić information content (AvgIpc) is 2.90. The molecule has 2 rings (SSSR count). The van der Waals surface area contributed by atoms with E-state index in [1.807, 2.05) is 7.05 Å². The van der Waals surface area contributed by atoms with Gasteiger partial charge in [0.2, 0.25) is 5.91 Å². The number of carbonyl (C=O) groups excluding carboxylic acids is 1. The fraction of sp³-hybridized carbons (Fsp3) is 0.533. The Balaban J connectivity index is 0.00000220.